The van der Waals surface area contributed by atoms with Gasteiger partial charge in [-0.3, -0.25) is 0 Å². The van der Waals surface area contributed by atoms with Crippen molar-refractivity contribution in [1.82, 2.24) is 14.9 Å². The second-order valence-electron chi connectivity index (χ2n) is 11.0. The number of rotatable bonds is 2. The van der Waals surface area contributed by atoms with Crippen molar-refractivity contribution in [2.75, 3.05) is 24.5 Å². The van der Waals surface area contributed by atoms with Crippen molar-refractivity contribution in [1.29, 1.82) is 0 Å². The zero-order chi connectivity index (χ0) is 29.1. The number of hydrogen-bond donors (Lipinski definition) is 0. The van der Waals surface area contributed by atoms with E-state index in [-0.39, 0.29) is 38.4 Å². The Morgan fingerprint density at radius 2 is 1.77 bits per heavy atom. The highest BCUT2D eigenvalue weighted by Gasteiger charge is 2.33. The van der Waals surface area contributed by atoms with E-state index in [1.165, 1.54) is 12.1 Å². The molecule has 210 valence electrons. The SMILES string of the molecule is Cc1cc(-c2c(Cl)cc3c(N4CCN(C(=O)OC(C)(C)C)C(C)C4)nc(Cl)nc3c2F)c2c(F)c(F)ccc2c1. The molecule has 1 saturated heterocycles. The zero-order valence-electron chi connectivity index (χ0n) is 22.6. The van der Waals surface area contributed by atoms with Crippen LogP contribution in [0.3, 0.4) is 0 Å². The molecule has 0 bridgehead atoms. The lowest BCUT2D eigenvalue weighted by molar-refractivity contribution is 0.0158. The summed E-state index contributed by atoms with van der Waals surface area (Å²) in [4.78, 5) is 24.7. The smallest absolute Gasteiger partial charge is 0.410 e. The molecule has 1 aliphatic rings. The Morgan fingerprint density at radius 3 is 2.45 bits per heavy atom. The molecule has 6 nitrogen and oxygen atoms in total. The van der Waals surface area contributed by atoms with Gasteiger partial charge in [0.15, 0.2) is 17.5 Å². The van der Waals surface area contributed by atoms with E-state index in [1.807, 2.05) is 11.8 Å². The molecule has 1 aromatic heterocycles. The van der Waals surface area contributed by atoms with Crippen molar-refractivity contribution in [2.24, 2.45) is 0 Å². The molecular weight excluding hydrogens is 564 g/mol. The van der Waals surface area contributed by atoms with Gasteiger partial charge in [0.2, 0.25) is 5.28 Å². The van der Waals surface area contributed by atoms with Gasteiger partial charge in [-0.1, -0.05) is 29.8 Å². The normalized spacial score (nSPS) is 16.2. The Labute approximate surface area is 239 Å². The van der Waals surface area contributed by atoms with E-state index in [9.17, 15) is 9.18 Å². The van der Waals surface area contributed by atoms with E-state index >= 15 is 8.78 Å². The summed E-state index contributed by atoms with van der Waals surface area (Å²) in [5.74, 6) is -2.63. The Morgan fingerprint density at radius 1 is 1.05 bits per heavy atom. The first-order chi connectivity index (χ1) is 18.7. The molecule has 1 atom stereocenters. The number of carbonyl (C=O) groups is 1. The van der Waals surface area contributed by atoms with E-state index in [0.717, 1.165) is 6.07 Å². The minimum atomic E-state index is -1.10. The third-order valence-corrected chi connectivity index (χ3v) is 7.28. The number of fused-ring (bicyclic) bond motifs is 2. The topological polar surface area (TPSA) is 58.6 Å². The largest absolute Gasteiger partial charge is 0.444 e. The molecule has 4 aromatic rings. The summed E-state index contributed by atoms with van der Waals surface area (Å²) >= 11 is 12.9. The van der Waals surface area contributed by atoms with Crippen LogP contribution < -0.4 is 4.90 Å². The van der Waals surface area contributed by atoms with Crippen LogP contribution in [-0.2, 0) is 4.74 Å². The maximum Gasteiger partial charge on any atom is 0.410 e. The minimum absolute atomic E-state index is 0.0202. The first-order valence-electron chi connectivity index (χ1n) is 12.7. The second kappa shape index (κ2) is 10.3. The fourth-order valence-corrected chi connectivity index (χ4v) is 5.59. The van der Waals surface area contributed by atoms with Gasteiger partial charge in [-0.25, -0.2) is 22.9 Å². The molecule has 1 unspecified atom stereocenters. The number of ether oxygens (including phenoxy) is 1. The van der Waals surface area contributed by atoms with E-state index in [0.29, 0.717) is 41.8 Å². The maximum absolute atomic E-state index is 16.3. The molecule has 1 amide bonds. The van der Waals surface area contributed by atoms with Gasteiger partial charge in [0.05, 0.1) is 5.02 Å². The van der Waals surface area contributed by atoms with Crippen molar-refractivity contribution < 1.29 is 22.7 Å². The molecule has 0 aliphatic carbocycles. The van der Waals surface area contributed by atoms with Crippen LogP contribution in [0, 0.1) is 24.4 Å². The Balaban J connectivity index is 1.61. The Bertz CT molecular complexity index is 1680. The van der Waals surface area contributed by atoms with Gasteiger partial charge in [0, 0.05) is 42.0 Å². The molecular formula is C29H27Cl2F3N4O2. The predicted octanol–water partition coefficient (Wildman–Crippen LogP) is 7.93. The minimum Gasteiger partial charge on any atom is -0.444 e. The van der Waals surface area contributed by atoms with Crippen LogP contribution in [0.4, 0.5) is 23.8 Å². The van der Waals surface area contributed by atoms with Crippen molar-refractivity contribution in [3.63, 3.8) is 0 Å². The van der Waals surface area contributed by atoms with Gasteiger partial charge >= 0.3 is 6.09 Å². The number of amides is 1. The lowest BCUT2D eigenvalue weighted by atomic mass is 9.94. The Hall–Kier alpha value is -3.30. The maximum atomic E-state index is 16.3. The number of benzene rings is 3. The van der Waals surface area contributed by atoms with Gasteiger partial charge in [-0.15, -0.1) is 0 Å². The van der Waals surface area contributed by atoms with Crippen LogP contribution in [0.1, 0.15) is 33.3 Å². The fourth-order valence-electron chi connectivity index (χ4n) is 5.13. The molecule has 0 saturated carbocycles. The number of aromatic nitrogens is 2. The second-order valence-corrected chi connectivity index (χ2v) is 11.7. The summed E-state index contributed by atoms with van der Waals surface area (Å²) in [6.07, 6.45) is -0.419. The standard InChI is InChI=1S/C29H27Cl2F3N4O2/c1-14-10-16-6-7-20(32)23(33)21(16)17(11-14)22-19(30)12-18-25(24(22)34)35-27(31)36-26(18)37-8-9-38(15(2)13-37)28(39)40-29(3,4)5/h6-7,10-12,15H,8-9,13H2,1-5H3. The fraction of sp³-hybridized carbons (Fsp3) is 0.345. The highest BCUT2D eigenvalue weighted by atomic mass is 35.5. The van der Waals surface area contributed by atoms with Gasteiger partial charge in [0.25, 0.3) is 0 Å². The molecule has 3 aromatic carbocycles. The third-order valence-electron chi connectivity index (χ3n) is 6.81. The number of nitrogens with zero attached hydrogens (tertiary/aromatic N) is 4. The lowest BCUT2D eigenvalue weighted by Gasteiger charge is -2.41. The number of anilines is 1. The van der Waals surface area contributed by atoms with Crippen LogP contribution in [0.25, 0.3) is 32.8 Å². The highest BCUT2D eigenvalue weighted by Crippen LogP contribution is 2.42. The van der Waals surface area contributed by atoms with Crippen molar-refractivity contribution in [2.45, 2.75) is 46.3 Å². The summed E-state index contributed by atoms with van der Waals surface area (Å²) in [6, 6.07) is 6.97. The molecule has 2 heterocycles. The van der Waals surface area contributed by atoms with Crippen LogP contribution >= 0.6 is 23.2 Å². The van der Waals surface area contributed by atoms with Gasteiger partial charge in [-0.05, 0) is 74.9 Å². The molecule has 0 radical (unpaired) electrons. The van der Waals surface area contributed by atoms with Crippen LogP contribution in [0.2, 0.25) is 10.3 Å². The van der Waals surface area contributed by atoms with E-state index in [2.05, 4.69) is 9.97 Å². The number of aryl methyl sites for hydroxylation is 1. The molecule has 0 N–H and O–H groups in total. The molecule has 1 fully saturated rings. The van der Waals surface area contributed by atoms with Crippen molar-refractivity contribution >= 4 is 56.8 Å². The molecule has 11 heteroatoms. The summed E-state index contributed by atoms with van der Waals surface area (Å²) in [7, 11) is 0. The van der Waals surface area contributed by atoms with E-state index in [1.54, 1.807) is 44.7 Å². The van der Waals surface area contributed by atoms with E-state index in [4.69, 9.17) is 27.9 Å². The number of piperazine rings is 1. The van der Waals surface area contributed by atoms with Crippen LogP contribution in [-0.4, -0.2) is 52.2 Å². The van der Waals surface area contributed by atoms with Crippen LogP contribution in [0.15, 0.2) is 30.3 Å². The Kier molecular flexibility index (Phi) is 7.25. The summed E-state index contributed by atoms with van der Waals surface area (Å²) in [5, 5.41) is 0.412. The summed E-state index contributed by atoms with van der Waals surface area (Å²) in [5.41, 5.74) is -0.0398. The zero-order valence-corrected chi connectivity index (χ0v) is 24.1. The molecule has 5 rings (SSSR count). The summed E-state index contributed by atoms with van der Waals surface area (Å²) < 4.78 is 51.1. The van der Waals surface area contributed by atoms with Gasteiger partial charge in [0.1, 0.15) is 16.9 Å². The van der Waals surface area contributed by atoms with Crippen molar-refractivity contribution in [3.05, 3.63) is 63.7 Å². The first kappa shape index (κ1) is 28.2. The predicted molar refractivity (Wildman–Crippen MR) is 152 cm³/mol. The van der Waals surface area contributed by atoms with Crippen LogP contribution in [0.5, 0.6) is 0 Å². The number of carbonyl (C=O) groups excluding carboxylic acids is 1. The van der Waals surface area contributed by atoms with Gasteiger partial charge < -0.3 is 14.5 Å². The average molecular weight is 591 g/mol. The molecule has 1 aliphatic heterocycles. The monoisotopic (exact) mass is 590 g/mol. The van der Waals surface area contributed by atoms with Crippen molar-refractivity contribution in [3.8, 4) is 11.1 Å². The van der Waals surface area contributed by atoms with E-state index < -0.39 is 29.1 Å². The third kappa shape index (κ3) is 5.12. The lowest BCUT2D eigenvalue weighted by Crippen LogP contribution is -2.55. The quantitative estimate of drug-likeness (QED) is 0.222. The first-order valence-corrected chi connectivity index (χ1v) is 13.5. The average Bonchev–Trinajstić information content (AvgIpc) is 2.85. The summed E-state index contributed by atoms with van der Waals surface area (Å²) in [6.45, 7) is 10.1. The highest BCUT2D eigenvalue weighted by molar-refractivity contribution is 6.35. The molecule has 0 spiro atoms. The number of halogens is 5. The van der Waals surface area contributed by atoms with Gasteiger partial charge in [-0.2, -0.15) is 4.98 Å². The molecule has 40 heavy (non-hydrogen) atoms. The number of hydrogen-bond acceptors (Lipinski definition) is 5.